The topological polar surface area (TPSA) is 212 Å². The molecule has 2 aliphatic heterocycles. The minimum Gasteiger partial charge on any atom is -0.508 e. The molecule has 2 amide bonds. The van der Waals surface area contributed by atoms with Gasteiger partial charge >= 0.3 is 11.9 Å². The Labute approximate surface area is 366 Å². The van der Waals surface area contributed by atoms with Gasteiger partial charge in [0.1, 0.15) is 28.4 Å². The van der Waals surface area contributed by atoms with Crippen molar-refractivity contribution in [2.45, 2.75) is 6.54 Å². The highest BCUT2D eigenvalue weighted by Gasteiger charge is 2.30. The van der Waals surface area contributed by atoms with Crippen molar-refractivity contribution in [2.24, 2.45) is 4.99 Å². The van der Waals surface area contributed by atoms with Crippen molar-refractivity contribution < 1.29 is 43.3 Å². The number of amides is 2. The molecule has 5 N–H and O–H groups in total. The molecule has 2 heterocycles. The van der Waals surface area contributed by atoms with Gasteiger partial charge in [0.2, 0.25) is 5.91 Å². The van der Waals surface area contributed by atoms with Crippen LogP contribution >= 0.6 is 23.2 Å². The Morgan fingerprint density at radius 3 is 2.08 bits per heavy atom. The van der Waals surface area contributed by atoms with Crippen molar-refractivity contribution in [1.82, 2.24) is 10.6 Å². The quantitative estimate of drug-likeness (QED) is 0.0828. The molecule has 0 spiro atoms. The van der Waals surface area contributed by atoms with Crippen LogP contribution in [-0.4, -0.2) is 66.8 Å². The zero-order chi connectivity index (χ0) is 44.9. The summed E-state index contributed by atoms with van der Waals surface area (Å²) in [5.74, 6) is -3.64. The number of carboxylic acids is 2. The monoisotopic (exact) mass is 884 g/mol. The van der Waals surface area contributed by atoms with Crippen molar-refractivity contribution in [2.75, 3.05) is 32.6 Å². The number of hydrogen-bond donors (Lipinski definition) is 5. The lowest BCUT2D eigenvalue weighted by Gasteiger charge is -2.21. The summed E-state index contributed by atoms with van der Waals surface area (Å²) in [5, 5.41) is 37.2. The van der Waals surface area contributed by atoms with E-state index in [0.717, 1.165) is 11.8 Å². The molecule has 0 saturated carbocycles. The number of anilines is 1. The lowest BCUT2D eigenvalue weighted by molar-refractivity contribution is -0.120. The fourth-order valence-electron chi connectivity index (χ4n) is 7.55. The fourth-order valence-corrected chi connectivity index (χ4v) is 8.17. The van der Waals surface area contributed by atoms with Gasteiger partial charge < -0.3 is 39.7 Å². The highest BCUT2D eigenvalue weighted by atomic mass is 35.5. The van der Waals surface area contributed by atoms with E-state index >= 15 is 0 Å². The number of phenolic OH excluding ortho intramolecular Hbond substituents is 1. The van der Waals surface area contributed by atoms with E-state index in [-0.39, 0.29) is 61.4 Å². The maximum atomic E-state index is 13.8. The van der Waals surface area contributed by atoms with Gasteiger partial charge in [0, 0.05) is 96.2 Å². The van der Waals surface area contributed by atoms with Gasteiger partial charge in [-0.05, 0) is 71.8 Å². The summed E-state index contributed by atoms with van der Waals surface area (Å²) in [7, 11) is 5.34. The average Bonchev–Trinajstić information content (AvgIpc) is 3.25. The molecule has 4 aliphatic rings. The highest BCUT2D eigenvalue weighted by molar-refractivity contribution is 6.41. The first kappa shape index (κ1) is 42.0. The van der Waals surface area contributed by atoms with Crippen molar-refractivity contribution in [3.63, 3.8) is 0 Å². The van der Waals surface area contributed by atoms with Crippen LogP contribution in [0.1, 0.15) is 36.6 Å². The van der Waals surface area contributed by atoms with E-state index < -0.39 is 30.3 Å². The summed E-state index contributed by atoms with van der Waals surface area (Å²) in [5.41, 5.74) is 2.89. The van der Waals surface area contributed by atoms with Gasteiger partial charge in [-0.3, -0.25) is 19.4 Å². The molecular weight excluding hydrogens is 851 g/mol. The van der Waals surface area contributed by atoms with Crippen LogP contribution in [0.25, 0.3) is 66.8 Å². The van der Waals surface area contributed by atoms with Crippen molar-refractivity contribution in [3.05, 3.63) is 145 Å². The molecule has 4 aromatic rings. The number of nitrogens with one attached hydrogen (secondary N) is 2. The summed E-state index contributed by atoms with van der Waals surface area (Å²) in [6.45, 7) is -0.667. The third-order valence-corrected chi connectivity index (χ3v) is 11.2. The lowest BCUT2D eigenvalue weighted by Crippen LogP contribution is -2.36. The molecular formula is C47H34Cl2N4O10. The first-order valence-corrected chi connectivity index (χ1v) is 19.9. The first-order chi connectivity index (χ1) is 30.1. The van der Waals surface area contributed by atoms with Crippen LogP contribution in [0.2, 0.25) is 10.0 Å². The Morgan fingerprint density at radius 2 is 1.37 bits per heavy atom. The lowest BCUT2D eigenvalue weighted by atomic mass is 9.89. The number of carboxylic acid groups (broad SMARTS) is 2. The number of phenols is 1. The van der Waals surface area contributed by atoms with E-state index in [1.165, 1.54) is 30.3 Å². The number of hydrogen-bond acceptors (Lipinski definition) is 10. The highest BCUT2D eigenvalue weighted by Crippen LogP contribution is 2.47. The van der Waals surface area contributed by atoms with E-state index in [1.807, 2.05) is 25.1 Å². The summed E-state index contributed by atoms with van der Waals surface area (Å²) < 4.78 is 12.2. The number of nitrogens with zero attached hydrogens (tertiary/aromatic N) is 2. The molecule has 16 heteroatoms. The second-order valence-corrected chi connectivity index (χ2v) is 15.5. The van der Waals surface area contributed by atoms with Gasteiger partial charge in [-0.15, -0.1) is 0 Å². The van der Waals surface area contributed by atoms with Gasteiger partial charge in [-0.1, -0.05) is 35.3 Å². The molecule has 0 radical (unpaired) electrons. The Morgan fingerprint density at radius 1 is 0.698 bits per heavy atom. The smallest absolute Gasteiger partial charge is 0.337 e. The van der Waals surface area contributed by atoms with Gasteiger partial charge in [-0.25, -0.2) is 9.59 Å². The molecule has 8 rings (SSSR count). The van der Waals surface area contributed by atoms with Gasteiger partial charge in [0.25, 0.3) is 5.91 Å². The van der Waals surface area contributed by atoms with Crippen LogP contribution in [0.15, 0.2) is 116 Å². The Bertz CT molecular complexity index is 3300. The van der Waals surface area contributed by atoms with Crippen LogP contribution in [0.5, 0.6) is 5.75 Å². The molecule has 2 aliphatic carbocycles. The second-order valence-electron chi connectivity index (χ2n) is 14.7. The van der Waals surface area contributed by atoms with Crippen molar-refractivity contribution in [3.8, 4) is 50.7 Å². The fraction of sp³-hybridized carbons (Fsp3) is 0.106. The van der Waals surface area contributed by atoms with E-state index in [1.54, 1.807) is 61.6 Å². The molecule has 0 aromatic heterocycles. The van der Waals surface area contributed by atoms with Crippen molar-refractivity contribution >= 4 is 74.6 Å². The third-order valence-electron chi connectivity index (χ3n) is 10.5. The van der Waals surface area contributed by atoms with E-state index in [2.05, 4.69) is 15.6 Å². The number of benzene rings is 6. The molecule has 4 aromatic carbocycles. The predicted octanol–water partition coefficient (Wildman–Crippen LogP) is 8.13. The number of fused-ring (bicyclic) bond motifs is 4. The zero-order valence-electron chi connectivity index (χ0n) is 33.5. The van der Waals surface area contributed by atoms with Gasteiger partial charge in [-0.2, -0.15) is 0 Å². The largest absolute Gasteiger partial charge is 0.508 e. The number of rotatable bonds is 10. The minimum atomic E-state index is -1.39. The Kier molecular flexibility index (Phi) is 11.1. The predicted molar refractivity (Wildman–Crippen MR) is 238 cm³/mol. The minimum absolute atomic E-state index is 0.0345. The van der Waals surface area contributed by atoms with Crippen molar-refractivity contribution in [1.29, 1.82) is 0 Å². The molecule has 63 heavy (non-hydrogen) atoms. The Balaban J connectivity index is 1.08. The molecule has 0 bridgehead atoms. The van der Waals surface area contributed by atoms with E-state index in [0.29, 0.717) is 60.9 Å². The summed E-state index contributed by atoms with van der Waals surface area (Å²) >= 11 is 13.6. The summed E-state index contributed by atoms with van der Waals surface area (Å²) in [6.07, 6.45) is 0. The van der Waals surface area contributed by atoms with Crippen LogP contribution in [-0.2, 0) is 11.3 Å². The number of carbonyl (C=O) groups excluding carboxylic acids is 2. The molecule has 0 fully saturated rings. The number of halogens is 2. The van der Waals surface area contributed by atoms with E-state index in [4.69, 9.17) is 32.0 Å². The van der Waals surface area contributed by atoms with Crippen LogP contribution < -0.4 is 26.3 Å². The third kappa shape index (κ3) is 7.89. The van der Waals surface area contributed by atoms with Crippen LogP contribution in [0.3, 0.4) is 0 Å². The van der Waals surface area contributed by atoms with Crippen LogP contribution in [0.4, 0.5) is 5.69 Å². The Hall–Kier alpha value is -7.68. The van der Waals surface area contributed by atoms with Gasteiger partial charge in [0.05, 0.1) is 38.6 Å². The molecule has 14 nitrogen and oxygen atoms in total. The van der Waals surface area contributed by atoms with Gasteiger partial charge in [0.15, 0.2) is 5.43 Å². The maximum absolute atomic E-state index is 13.8. The number of aromatic carboxylic acids is 2. The number of aromatic hydroxyl groups is 1. The standard InChI is InChI=1S/C47H34Cl2N4O10/c1-50-23-5-10-30-35(15-23)62-36-16-24(53(2)3)6-11-31(36)41(30)43-42(47(60)61)34(48)19-33(44(43)49)45(57)52-21-39(56)51-20-22-4-9-27(32(14-22)46(58)59)40-28-12-7-25(54)17-37(28)63-38-18-26(55)8-13-29(38)40/h4-19,54H,20-21H2,1-3H3,(H,51,56)(H,52,57)(H,58,59)(H,60,61)/b50-23-. The van der Waals surface area contributed by atoms with E-state index in [9.17, 15) is 39.3 Å². The summed E-state index contributed by atoms with van der Waals surface area (Å²) in [4.78, 5) is 70.8. The maximum Gasteiger partial charge on any atom is 0.337 e. The second kappa shape index (κ2) is 16.6. The number of carbonyl (C=O) groups is 4. The zero-order valence-corrected chi connectivity index (χ0v) is 35.0. The molecule has 0 saturated heterocycles. The normalized spacial score (nSPS) is 11.7. The molecule has 316 valence electrons. The average molecular weight is 886 g/mol. The van der Waals surface area contributed by atoms with Crippen LogP contribution in [0, 0.1) is 0 Å². The molecule has 0 unspecified atom stereocenters. The molecule has 0 atom stereocenters. The first-order valence-electron chi connectivity index (χ1n) is 19.1. The summed E-state index contributed by atoms with van der Waals surface area (Å²) in [6, 6.07) is 24.8. The SMILES string of the molecule is C/N=c1/ccc2c(-c3c(Cl)c(C(=O)NCC(=O)NCc4ccc(-c5c6ccc(=O)cc-6oc6cc(O)ccc56)c(C(=O)O)c4)cc(Cl)c3C(=O)O)c3ccc(N(C)C)cc3oc-2c1.